The molecule has 1 atom stereocenters. The second kappa shape index (κ2) is 28.1. The molecule has 9 aromatic heterocycles. The summed E-state index contributed by atoms with van der Waals surface area (Å²) >= 11 is 0. The summed E-state index contributed by atoms with van der Waals surface area (Å²) in [6.07, 6.45) is 9.22. The third-order valence-electron chi connectivity index (χ3n) is 23.0. The molecule has 9 nitrogen and oxygen atoms in total. The van der Waals surface area contributed by atoms with Gasteiger partial charge in [0.2, 0.25) is 22.8 Å². The molecule has 9 heteroatoms. The van der Waals surface area contributed by atoms with Crippen LogP contribution in [0.5, 0.6) is 0 Å². The average Bonchev–Trinajstić information content (AvgIpc) is 1.75. The lowest BCUT2D eigenvalue weighted by Gasteiger charge is -2.12. The summed E-state index contributed by atoms with van der Waals surface area (Å²) in [4.78, 5) is 4.87. The highest BCUT2D eigenvalue weighted by Gasteiger charge is 2.30. The van der Waals surface area contributed by atoms with Crippen molar-refractivity contribution < 1.29 is 45.5 Å². The van der Waals surface area contributed by atoms with E-state index in [2.05, 4.69) is 252 Å². The van der Waals surface area contributed by atoms with E-state index in [0.717, 1.165) is 78.5 Å². The molecule has 0 spiro atoms. The SMILES string of the molecule is CCc1cc[n+](C)c(-c2c(C)c3ccccc3c3c2oc2ccccc23)c1.Cc1c(-c2cccc[n+]2C)c2oc3ccccc3c2c2ccccc12.Cc1cc[n+](C)c(-c2c(C)c3ccccc3c3c2oc2ccccc23)c1.[2H]C([2H])([2H])c1cc2c(oc3c4ccccc4c(C)nc23)c(-c2c3ccc(C([2H])(C)C([2H])([2H])[2H])cc3cc[n+]2C)c1C. The zero-order chi connectivity index (χ0) is 83.0. The van der Waals surface area contributed by atoms with Gasteiger partial charge in [-0.15, -0.1) is 0 Å². The Hall–Kier alpha value is -13.1. The summed E-state index contributed by atoms with van der Waals surface area (Å²) in [6.45, 7) is 11.2. The zero-order valence-electron chi connectivity index (χ0n) is 72.0. The number of furan rings is 4. The number of hydrogen-bond donors (Lipinski definition) is 0. The second-order valence-corrected chi connectivity index (χ2v) is 29.9. The van der Waals surface area contributed by atoms with E-state index in [0.29, 0.717) is 38.8 Å². The first-order valence-corrected chi connectivity index (χ1v) is 38.3. The number of pyridine rings is 5. The Morgan fingerprint density at radius 1 is 0.366 bits per heavy atom. The molecule has 0 N–H and O–H groups in total. The minimum absolute atomic E-state index is 0.213. The molecule has 21 rings (SSSR count). The molecule has 0 bridgehead atoms. The van der Waals surface area contributed by atoms with Crippen molar-refractivity contribution in [2.75, 3.05) is 0 Å². The first-order chi connectivity index (χ1) is 57.2. The van der Waals surface area contributed by atoms with Crippen LogP contribution in [0.15, 0.2) is 285 Å². The Morgan fingerprint density at radius 2 is 0.821 bits per heavy atom. The van der Waals surface area contributed by atoms with Gasteiger partial charge in [0.25, 0.3) is 0 Å². The van der Waals surface area contributed by atoms with Crippen molar-refractivity contribution >= 4 is 142 Å². The molecule has 12 aromatic carbocycles. The molecule has 21 aromatic rings. The second-order valence-electron chi connectivity index (χ2n) is 29.9. The number of hydrogen-bond acceptors (Lipinski definition) is 5. The molecule has 0 saturated carbocycles. The van der Waals surface area contributed by atoms with Crippen molar-refractivity contribution in [1.29, 1.82) is 0 Å². The van der Waals surface area contributed by atoms with Gasteiger partial charge in [-0.2, -0.15) is 0 Å². The van der Waals surface area contributed by atoms with Crippen LogP contribution >= 0.6 is 0 Å². The van der Waals surface area contributed by atoms with Crippen LogP contribution in [0, 0.1) is 48.4 Å². The van der Waals surface area contributed by atoms with Gasteiger partial charge in [-0.05, 0) is 179 Å². The Kier molecular flexibility index (Phi) is 15.7. The van der Waals surface area contributed by atoms with E-state index in [1.807, 2.05) is 85.4 Å². The van der Waals surface area contributed by atoms with Crippen LogP contribution in [0.4, 0.5) is 0 Å². The Morgan fingerprint density at radius 3 is 1.34 bits per heavy atom. The van der Waals surface area contributed by atoms with E-state index in [1.54, 1.807) is 25.1 Å². The Labute approximate surface area is 660 Å². The van der Waals surface area contributed by atoms with Crippen molar-refractivity contribution in [3.8, 4) is 45.0 Å². The molecule has 0 amide bonds. The Balaban J connectivity index is 0.000000112. The van der Waals surface area contributed by atoms with Crippen LogP contribution in [0.3, 0.4) is 0 Å². The summed E-state index contributed by atoms with van der Waals surface area (Å²) in [5.41, 5.74) is 24.3. The number of benzene rings is 12. The molecular formula is C103H89N5O4+4. The van der Waals surface area contributed by atoms with Gasteiger partial charge in [0, 0.05) is 106 Å². The van der Waals surface area contributed by atoms with Crippen LogP contribution < -0.4 is 18.3 Å². The third-order valence-corrected chi connectivity index (χ3v) is 23.0. The van der Waals surface area contributed by atoms with Crippen molar-refractivity contribution in [2.24, 2.45) is 28.2 Å². The molecule has 0 fully saturated rings. The number of rotatable bonds is 6. The van der Waals surface area contributed by atoms with Gasteiger partial charge in [-0.25, -0.2) is 23.3 Å². The van der Waals surface area contributed by atoms with E-state index in [-0.39, 0.29) is 5.56 Å². The first-order valence-electron chi connectivity index (χ1n) is 41.8. The van der Waals surface area contributed by atoms with E-state index in [4.69, 9.17) is 32.2 Å². The van der Waals surface area contributed by atoms with E-state index in [9.17, 15) is 0 Å². The third kappa shape index (κ3) is 11.6. The maximum atomic E-state index is 8.59. The fourth-order valence-corrected chi connectivity index (χ4v) is 17.2. The summed E-state index contributed by atoms with van der Waals surface area (Å²) in [7, 11) is 8.17. The van der Waals surface area contributed by atoms with E-state index >= 15 is 0 Å². The number of aromatic nitrogens is 5. The van der Waals surface area contributed by atoms with E-state index in [1.165, 1.54) is 127 Å². The maximum Gasteiger partial charge on any atom is 0.224 e. The van der Waals surface area contributed by atoms with Crippen molar-refractivity contribution in [3.63, 3.8) is 0 Å². The molecule has 0 radical (unpaired) electrons. The standard InChI is InChI=1S/C31H29N2O.C25H22NO.C24H20NO.C23H18NO/c1-17(2)21-11-12-24-22(16-21)13-14-33(6)29(24)27-19(4)18(3)15-26-28-31(34-30(26)27)25-10-8-7-9-23(25)20(5)32-28;1-4-17-13-14-26(3)21(15-17)23-16(2)18-9-5-6-10-19(18)24-20-11-7-8-12-22(20)27-25(23)24;1-15-12-13-25(3)20(14-15)22-16(2)17-8-4-5-9-18(17)23-19-10-6-7-11-21(19)26-24(22)23;1-15-16-9-3-4-10-17(16)22-18-11-5-6-13-20(18)25-23(22)21(15)19-12-7-8-14-24(19)2/h7-17H,1-6H3;5-15H,4H2,1-3H3;4-14H,1-3H3;3-14H,1-2H3/q4*+1/i1D3,3D3,17D;;;. The van der Waals surface area contributed by atoms with Crippen molar-refractivity contribution in [1.82, 2.24) is 4.98 Å². The topological polar surface area (TPSA) is 81.0 Å². The highest BCUT2D eigenvalue weighted by Crippen LogP contribution is 2.48. The fourth-order valence-electron chi connectivity index (χ4n) is 17.2. The monoisotopic (exact) mass is 1470 g/mol. The summed E-state index contributed by atoms with van der Waals surface area (Å²) in [6, 6.07) is 82.7. The minimum atomic E-state index is -2.51. The van der Waals surface area contributed by atoms with Gasteiger partial charge in [0.1, 0.15) is 67.2 Å². The van der Waals surface area contributed by atoms with Gasteiger partial charge >= 0.3 is 0 Å². The highest BCUT2D eigenvalue weighted by molar-refractivity contribution is 6.26. The van der Waals surface area contributed by atoms with Crippen LogP contribution in [0.1, 0.15) is 86.4 Å². The van der Waals surface area contributed by atoms with Gasteiger partial charge in [-0.1, -0.05) is 184 Å². The molecular weight excluding hydrogens is 1370 g/mol. The highest BCUT2D eigenvalue weighted by atomic mass is 16.3. The molecule has 0 aliphatic rings. The van der Waals surface area contributed by atoms with Crippen LogP contribution in [-0.4, -0.2) is 4.98 Å². The summed E-state index contributed by atoms with van der Waals surface area (Å²) in [5, 5.41) is 18.8. The Bertz CT molecular complexity index is 7750. The van der Waals surface area contributed by atoms with Gasteiger partial charge in [0.15, 0.2) is 36.0 Å². The zero-order valence-corrected chi connectivity index (χ0v) is 65.0. The molecule has 9 heterocycles. The fraction of sp³-hybridized carbons (Fsp3) is 0.155. The number of para-hydroxylation sites is 3. The maximum absolute atomic E-state index is 8.59. The first kappa shape index (κ1) is 62.7. The van der Waals surface area contributed by atoms with Crippen LogP contribution in [0.25, 0.3) is 187 Å². The molecule has 1 unspecified atom stereocenters. The number of fused-ring (bicyclic) bond motifs is 21. The number of aryl methyl sites for hydroxylation is 11. The van der Waals surface area contributed by atoms with E-state index < -0.39 is 19.6 Å². The number of nitrogens with zero attached hydrogens (tertiary/aromatic N) is 5. The lowest BCUT2D eigenvalue weighted by molar-refractivity contribution is -0.660. The van der Waals surface area contributed by atoms with Gasteiger partial charge in [0.05, 0.1) is 27.6 Å². The van der Waals surface area contributed by atoms with Gasteiger partial charge < -0.3 is 17.7 Å². The van der Waals surface area contributed by atoms with Crippen LogP contribution in [-0.2, 0) is 34.6 Å². The molecule has 112 heavy (non-hydrogen) atoms. The molecule has 0 saturated heterocycles. The van der Waals surface area contributed by atoms with Crippen LogP contribution in [0.2, 0.25) is 0 Å². The molecule has 0 aliphatic heterocycles. The lowest BCUT2D eigenvalue weighted by Crippen LogP contribution is -2.31. The largest absolute Gasteiger partial charge is 0.455 e. The van der Waals surface area contributed by atoms with Crippen molar-refractivity contribution in [3.05, 3.63) is 318 Å². The smallest absolute Gasteiger partial charge is 0.224 e. The normalized spacial score (nSPS) is 13.4. The summed E-state index contributed by atoms with van der Waals surface area (Å²) < 4.78 is 91.6. The van der Waals surface area contributed by atoms with Crippen molar-refractivity contribution in [2.45, 2.75) is 81.4 Å². The predicted octanol–water partition coefficient (Wildman–Crippen LogP) is 25.3. The minimum Gasteiger partial charge on any atom is -0.455 e. The lowest BCUT2D eigenvalue weighted by atomic mass is 9.92. The average molecular weight is 1470 g/mol. The summed E-state index contributed by atoms with van der Waals surface area (Å²) in [5.74, 6) is -1.80. The van der Waals surface area contributed by atoms with Gasteiger partial charge in [-0.3, -0.25) is 0 Å². The molecule has 546 valence electrons. The quantitative estimate of drug-likeness (QED) is 0.155. The molecule has 0 aliphatic carbocycles. The predicted molar refractivity (Wildman–Crippen MR) is 463 cm³/mol.